The maximum absolute atomic E-state index is 9.44. The summed E-state index contributed by atoms with van der Waals surface area (Å²) in [7, 11) is 2.20. The van der Waals surface area contributed by atoms with Crippen LogP contribution in [0.3, 0.4) is 0 Å². The predicted molar refractivity (Wildman–Crippen MR) is 96.8 cm³/mol. The second-order valence-corrected chi connectivity index (χ2v) is 7.53. The number of aliphatic hydroxyl groups excluding tert-OH is 1. The van der Waals surface area contributed by atoms with Crippen molar-refractivity contribution in [1.29, 1.82) is 0 Å². The maximum atomic E-state index is 9.44. The Bertz CT molecular complexity index is 361. The van der Waals surface area contributed by atoms with Crippen molar-refractivity contribution in [3.05, 3.63) is 0 Å². The van der Waals surface area contributed by atoms with E-state index in [1.165, 1.54) is 51.6 Å². The topological polar surface area (TPSA) is 59.9 Å². The van der Waals surface area contributed by atoms with Crippen LogP contribution in [0.4, 0.5) is 0 Å². The van der Waals surface area contributed by atoms with E-state index in [4.69, 9.17) is 4.99 Å². The Morgan fingerprint density at radius 2 is 2.04 bits per heavy atom. The lowest BCUT2D eigenvalue weighted by atomic mass is 9.72. The van der Waals surface area contributed by atoms with Crippen molar-refractivity contribution in [1.82, 2.24) is 15.5 Å². The average molecular weight is 325 g/mol. The molecule has 23 heavy (non-hydrogen) atoms. The van der Waals surface area contributed by atoms with E-state index in [0.717, 1.165) is 37.9 Å². The summed E-state index contributed by atoms with van der Waals surface area (Å²) in [5.74, 6) is 1.68. The molecule has 134 valence electrons. The monoisotopic (exact) mass is 324 g/mol. The van der Waals surface area contributed by atoms with Gasteiger partial charge in [-0.15, -0.1) is 0 Å². The third kappa shape index (κ3) is 5.96. The van der Waals surface area contributed by atoms with E-state index in [1.54, 1.807) is 0 Å². The summed E-state index contributed by atoms with van der Waals surface area (Å²) in [5.41, 5.74) is 0.225. The van der Waals surface area contributed by atoms with Crippen LogP contribution in [0, 0.1) is 11.3 Å². The van der Waals surface area contributed by atoms with Crippen LogP contribution in [0.5, 0.6) is 0 Å². The summed E-state index contributed by atoms with van der Waals surface area (Å²) >= 11 is 0. The fourth-order valence-electron chi connectivity index (χ4n) is 4.05. The molecule has 5 nitrogen and oxygen atoms in total. The normalized spacial score (nSPS) is 25.5. The van der Waals surface area contributed by atoms with Gasteiger partial charge < -0.3 is 20.6 Å². The van der Waals surface area contributed by atoms with E-state index in [2.05, 4.69) is 29.5 Å². The summed E-state index contributed by atoms with van der Waals surface area (Å²) in [6.07, 6.45) is 8.50. The second kappa shape index (κ2) is 9.48. The van der Waals surface area contributed by atoms with E-state index >= 15 is 0 Å². The van der Waals surface area contributed by atoms with Crippen LogP contribution < -0.4 is 10.6 Å². The minimum absolute atomic E-state index is 0.225. The zero-order valence-corrected chi connectivity index (χ0v) is 15.1. The molecule has 1 atom stereocenters. The van der Waals surface area contributed by atoms with Gasteiger partial charge >= 0.3 is 0 Å². The van der Waals surface area contributed by atoms with Crippen molar-refractivity contribution < 1.29 is 5.11 Å². The van der Waals surface area contributed by atoms with Gasteiger partial charge in [-0.3, -0.25) is 4.99 Å². The van der Waals surface area contributed by atoms with Crippen molar-refractivity contribution in [3.63, 3.8) is 0 Å². The lowest BCUT2D eigenvalue weighted by Gasteiger charge is -2.35. The summed E-state index contributed by atoms with van der Waals surface area (Å²) in [5, 5.41) is 16.4. The molecule has 1 aliphatic carbocycles. The highest BCUT2D eigenvalue weighted by molar-refractivity contribution is 5.79. The molecule has 2 aliphatic rings. The average Bonchev–Trinajstić information content (AvgIpc) is 2.97. The number of hydrogen-bond acceptors (Lipinski definition) is 3. The van der Waals surface area contributed by atoms with E-state index in [1.807, 2.05) is 0 Å². The first kappa shape index (κ1) is 18.5. The molecule has 3 N–H and O–H groups in total. The van der Waals surface area contributed by atoms with Gasteiger partial charge in [0.05, 0.1) is 0 Å². The Hall–Kier alpha value is -0.810. The standard InChI is InChI=1S/C18H36N4O/c1-3-19-17(20-13-16-7-11-22(2)14-16)21-15-18(10-12-23)8-5-4-6-9-18/h16,23H,3-15H2,1-2H3,(H2,19,20,21). The van der Waals surface area contributed by atoms with Gasteiger partial charge in [-0.2, -0.15) is 0 Å². The van der Waals surface area contributed by atoms with E-state index in [0.29, 0.717) is 0 Å². The van der Waals surface area contributed by atoms with Crippen LogP contribution in [0.15, 0.2) is 4.99 Å². The highest BCUT2D eigenvalue weighted by Crippen LogP contribution is 2.39. The highest BCUT2D eigenvalue weighted by Gasteiger charge is 2.31. The van der Waals surface area contributed by atoms with Crippen LogP contribution in [0.2, 0.25) is 0 Å². The first-order valence-electron chi connectivity index (χ1n) is 9.49. The van der Waals surface area contributed by atoms with Crippen LogP contribution in [-0.2, 0) is 0 Å². The number of aliphatic hydroxyl groups is 1. The molecule has 0 radical (unpaired) electrons. The summed E-state index contributed by atoms with van der Waals surface area (Å²) in [6.45, 7) is 7.53. The largest absolute Gasteiger partial charge is 0.396 e. The SMILES string of the molecule is CCNC(=NCC1(CCO)CCCCC1)NCC1CCN(C)C1. The fraction of sp³-hybridized carbons (Fsp3) is 0.944. The summed E-state index contributed by atoms with van der Waals surface area (Å²) < 4.78 is 0. The second-order valence-electron chi connectivity index (χ2n) is 7.53. The number of aliphatic imine (C=N–C) groups is 1. The van der Waals surface area contributed by atoms with Gasteiger partial charge in [0.2, 0.25) is 0 Å². The van der Waals surface area contributed by atoms with E-state index in [9.17, 15) is 5.11 Å². The molecule has 2 fully saturated rings. The predicted octanol–water partition coefficient (Wildman–Crippen LogP) is 1.83. The number of guanidine groups is 1. The molecule has 0 aromatic carbocycles. The Morgan fingerprint density at radius 1 is 1.26 bits per heavy atom. The molecule has 0 aromatic rings. The Morgan fingerprint density at radius 3 is 2.65 bits per heavy atom. The zero-order valence-electron chi connectivity index (χ0n) is 15.1. The Balaban J connectivity index is 1.88. The number of nitrogens with zero attached hydrogens (tertiary/aromatic N) is 2. The van der Waals surface area contributed by atoms with Crippen molar-refractivity contribution in [3.8, 4) is 0 Å². The third-order valence-corrected chi connectivity index (χ3v) is 5.52. The zero-order chi connectivity index (χ0) is 16.5. The molecule has 1 unspecified atom stereocenters. The lowest BCUT2D eigenvalue weighted by molar-refractivity contribution is 0.137. The molecule has 0 amide bonds. The molecular weight excluding hydrogens is 288 g/mol. The van der Waals surface area contributed by atoms with Gasteiger partial charge in [0.15, 0.2) is 5.96 Å². The molecular formula is C18H36N4O. The first-order chi connectivity index (χ1) is 11.2. The molecule has 2 rings (SSSR count). The van der Waals surface area contributed by atoms with Gasteiger partial charge in [0, 0.05) is 32.8 Å². The fourth-order valence-corrected chi connectivity index (χ4v) is 4.05. The van der Waals surface area contributed by atoms with Gasteiger partial charge in [-0.25, -0.2) is 0 Å². The van der Waals surface area contributed by atoms with Crippen molar-refractivity contribution >= 4 is 5.96 Å². The molecule has 1 aliphatic heterocycles. The quantitative estimate of drug-likeness (QED) is 0.494. The van der Waals surface area contributed by atoms with Gasteiger partial charge in [-0.05, 0) is 57.5 Å². The van der Waals surface area contributed by atoms with Gasteiger partial charge in [-0.1, -0.05) is 19.3 Å². The number of hydrogen-bond donors (Lipinski definition) is 3. The van der Waals surface area contributed by atoms with E-state index < -0.39 is 0 Å². The van der Waals surface area contributed by atoms with Gasteiger partial charge in [0.25, 0.3) is 0 Å². The minimum atomic E-state index is 0.225. The maximum Gasteiger partial charge on any atom is 0.191 e. The van der Waals surface area contributed by atoms with Crippen molar-refractivity contribution in [2.75, 3.05) is 46.4 Å². The molecule has 1 saturated carbocycles. The molecule has 0 aromatic heterocycles. The molecule has 1 heterocycles. The van der Waals surface area contributed by atoms with Crippen LogP contribution in [-0.4, -0.2) is 62.3 Å². The molecule has 5 heteroatoms. The third-order valence-electron chi connectivity index (χ3n) is 5.52. The van der Waals surface area contributed by atoms with Crippen molar-refractivity contribution in [2.24, 2.45) is 16.3 Å². The first-order valence-corrected chi connectivity index (χ1v) is 9.49. The highest BCUT2D eigenvalue weighted by atomic mass is 16.3. The Labute approximate surface area is 141 Å². The van der Waals surface area contributed by atoms with Crippen LogP contribution in [0.1, 0.15) is 51.9 Å². The smallest absolute Gasteiger partial charge is 0.191 e. The molecule has 0 bridgehead atoms. The summed E-state index contributed by atoms with van der Waals surface area (Å²) in [4.78, 5) is 7.28. The minimum Gasteiger partial charge on any atom is -0.396 e. The number of nitrogens with one attached hydrogen (secondary N) is 2. The molecule has 0 spiro atoms. The molecule has 1 saturated heterocycles. The number of likely N-dealkylation sites (tertiary alicyclic amines) is 1. The van der Waals surface area contributed by atoms with E-state index in [-0.39, 0.29) is 12.0 Å². The van der Waals surface area contributed by atoms with Crippen LogP contribution >= 0.6 is 0 Å². The Kier molecular flexibility index (Phi) is 7.63. The van der Waals surface area contributed by atoms with Crippen molar-refractivity contribution in [2.45, 2.75) is 51.9 Å². The summed E-state index contributed by atoms with van der Waals surface area (Å²) in [6, 6.07) is 0. The van der Waals surface area contributed by atoms with Crippen LogP contribution in [0.25, 0.3) is 0 Å². The number of rotatable bonds is 7. The van der Waals surface area contributed by atoms with Gasteiger partial charge in [0.1, 0.15) is 0 Å². The lowest BCUT2D eigenvalue weighted by Crippen LogP contribution is -2.41.